The summed E-state index contributed by atoms with van der Waals surface area (Å²) in [6, 6.07) is 11.4. The highest BCUT2D eigenvalue weighted by atomic mass is 35.5. The number of rotatable bonds is 5. The summed E-state index contributed by atoms with van der Waals surface area (Å²) in [5, 5.41) is 3.50. The fourth-order valence-corrected chi connectivity index (χ4v) is 2.13. The number of carbonyl (C=O) groups excluding carboxylic acids is 2. The van der Waals surface area contributed by atoms with Gasteiger partial charge in [-0.15, -0.1) is 0 Å². The van der Waals surface area contributed by atoms with Crippen LogP contribution in [0.5, 0.6) is 5.75 Å². The predicted octanol–water partition coefficient (Wildman–Crippen LogP) is 4.60. The zero-order valence-electron chi connectivity index (χ0n) is 12.6. The van der Waals surface area contributed by atoms with Gasteiger partial charge < -0.3 is 10.1 Å². The van der Waals surface area contributed by atoms with E-state index in [0.29, 0.717) is 27.0 Å². The molecule has 23 heavy (non-hydrogen) atoms. The molecule has 1 amide bonds. The first kappa shape index (κ1) is 17.3. The number of hydrogen-bond donors (Lipinski definition) is 1. The maximum Gasteiger partial charge on any atom is 0.265 e. The van der Waals surface area contributed by atoms with Gasteiger partial charge in [0.2, 0.25) is 0 Å². The maximum absolute atomic E-state index is 12.1. The molecule has 1 N–H and O–H groups in total. The predicted molar refractivity (Wildman–Crippen MR) is 91.6 cm³/mol. The summed E-state index contributed by atoms with van der Waals surface area (Å²) in [7, 11) is 0. The van der Waals surface area contributed by atoms with Crippen molar-refractivity contribution in [2.45, 2.75) is 20.0 Å². The Kier molecular flexibility index (Phi) is 5.64. The molecule has 0 radical (unpaired) electrons. The molecule has 0 heterocycles. The number of amides is 1. The summed E-state index contributed by atoms with van der Waals surface area (Å²) in [6.45, 7) is 3.11. The minimum absolute atomic E-state index is 0.0285. The first-order valence-electron chi connectivity index (χ1n) is 6.90. The average Bonchev–Trinajstić information content (AvgIpc) is 2.51. The van der Waals surface area contributed by atoms with Gasteiger partial charge >= 0.3 is 0 Å². The lowest BCUT2D eigenvalue weighted by Gasteiger charge is -2.15. The highest BCUT2D eigenvalue weighted by Crippen LogP contribution is 2.27. The van der Waals surface area contributed by atoms with Gasteiger partial charge in [-0.05, 0) is 50.2 Å². The van der Waals surface area contributed by atoms with Gasteiger partial charge in [0.15, 0.2) is 11.9 Å². The van der Waals surface area contributed by atoms with Crippen LogP contribution in [0.25, 0.3) is 0 Å². The first-order valence-corrected chi connectivity index (χ1v) is 7.66. The van der Waals surface area contributed by atoms with E-state index in [0.717, 1.165) is 0 Å². The molecule has 120 valence electrons. The topological polar surface area (TPSA) is 55.4 Å². The minimum Gasteiger partial charge on any atom is -0.481 e. The second kappa shape index (κ2) is 7.49. The van der Waals surface area contributed by atoms with E-state index in [1.807, 2.05) is 0 Å². The van der Waals surface area contributed by atoms with Crippen LogP contribution in [0, 0.1) is 0 Å². The van der Waals surface area contributed by atoms with Gasteiger partial charge in [0, 0.05) is 17.3 Å². The SMILES string of the molecule is CC(=O)c1ccc(NC(=O)C(C)Oc2ccc(Cl)c(Cl)c2)cc1. The number of Topliss-reactive ketones (excluding diaryl/α,β-unsaturated/α-hetero) is 1. The number of halogens is 2. The van der Waals surface area contributed by atoms with E-state index >= 15 is 0 Å². The van der Waals surface area contributed by atoms with Crippen LogP contribution in [-0.4, -0.2) is 17.8 Å². The molecule has 0 saturated carbocycles. The van der Waals surface area contributed by atoms with Crippen molar-refractivity contribution in [1.29, 1.82) is 0 Å². The van der Waals surface area contributed by atoms with Gasteiger partial charge in [-0.1, -0.05) is 23.2 Å². The molecular formula is C17H15Cl2NO3. The molecule has 0 bridgehead atoms. The Bertz CT molecular complexity index is 729. The van der Waals surface area contributed by atoms with Crippen LogP contribution in [0.1, 0.15) is 24.2 Å². The van der Waals surface area contributed by atoms with Gasteiger partial charge in [0.25, 0.3) is 5.91 Å². The number of anilines is 1. The monoisotopic (exact) mass is 351 g/mol. The highest BCUT2D eigenvalue weighted by Gasteiger charge is 2.15. The summed E-state index contributed by atoms with van der Waals surface area (Å²) < 4.78 is 5.54. The van der Waals surface area contributed by atoms with Gasteiger partial charge in [-0.3, -0.25) is 9.59 Å². The lowest BCUT2D eigenvalue weighted by atomic mass is 10.1. The molecule has 0 fully saturated rings. The van der Waals surface area contributed by atoms with E-state index < -0.39 is 6.10 Å². The summed E-state index contributed by atoms with van der Waals surface area (Å²) >= 11 is 11.7. The van der Waals surface area contributed by atoms with Gasteiger partial charge in [0.05, 0.1) is 10.0 Å². The van der Waals surface area contributed by atoms with Crippen LogP contribution in [0.15, 0.2) is 42.5 Å². The molecule has 0 saturated heterocycles. The average molecular weight is 352 g/mol. The minimum atomic E-state index is -0.722. The molecule has 6 heteroatoms. The van der Waals surface area contributed by atoms with Gasteiger partial charge in [-0.2, -0.15) is 0 Å². The Morgan fingerprint density at radius 1 is 1.04 bits per heavy atom. The van der Waals surface area contributed by atoms with Crippen LogP contribution in [-0.2, 0) is 4.79 Å². The van der Waals surface area contributed by atoms with Crippen molar-refractivity contribution in [3.63, 3.8) is 0 Å². The van der Waals surface area contributed by atoms with Crippen molar-refractivity contribution in [2.75, 3.05) is 5.32 Å². The Balaban J connectivity index is 1.99. The summed E-state index contributed by atoms with van der Waals surface area (Å²) in [5.41, 5.74) is 1.17. The zero-order valence-corrected chi connectivity index (χ0v) is 14.1. The van der Waals surface area contributed by atoms with Crippen molar-refractivity contribution >= 4 is 40.6 Å². The zero-order chi connectivity index (χ0) is 17.0. The summed E-state index contributed by atoms with van der Waals surface area (Å²) in [6.07, 6.45) is -0.722. The molecule has 4 nitrogen and oxygen atoms in total. The number of benzene rings is 2. The van der Waals surface area contributed by atoms with E-state index in [2.05, 4.69) is 5.32 Å². The van der Waals surface area contributed by atoms with E-state index in [-0.39, 0.29) is 11.7 Å². The van der Waals surface area contributed by atoms with Crippen molar-refractivity contribution in [3.05, 3.63) is 58.1 Å². The molecule has 0 aliphatic carbocycles. The fraction of sp³-hybridized carbons (Fsp3) is 0.176. The number of nitrogens with one attached hydrogen (secondary N) is 1. The fourth-order valence-electron chi connectivity index (χ4n) is 1.84. The van der Waals surface area contributed by atoms with Crippen molar-refractivity contribution in [1.82, 2.24) is 0 Å². The quantitative estimate of drug-likeness (QED) is 0.800. The molecule has 0 aromatic heterocycles. The molecule has 2 aromatic rings. The van der Waals surface area contributed by atoms with E-state index in [9.17, 15) is 9.59 Å². The Labute approximate surface area is 144 Å². The largest absolute Gasteiger partial charge is 0.481 e. The second-order valence-corrected chi connectivity index (χ2v) is 5.77. The van der Waals surface area contributed by atoms with E-state index in [4.69, 9.17) is 27.9 Å². The summed E-state index contributed by atoms with van der Waals surface area (Å²) in [5.74, 6) is 0.111. The number of carbonyl (C=O) groups is 2. The first-order chi connectivity index (χ1) is 10.9. The van der Waals surface area contributed by atoms with E-state index in [1.54, 1.807) is 49.4 Å². The lowest BCUT2D eigenvalue weighted by Crippen LogP contribution is -2.30. The van der Waals surface area contributed by atoms with Gasteiger partial charge in [-0.25, -0.2) is 0 Å². The molecule has 1 atom stereocenters. The van der Waals surface area contributed by atoms with Crippen molar-refractivity contribution < 1.29 is 14.3 Å². The van der Waals surface area contributed by atoms with Crippen molar-refractivity contribution in [2.24, 2.45) is 0 Å². The molecule has 1 unspecified atom stereocenters. The molecule has 0 aliphatic heterocycles. The highest BCUT2D eigenvalue weighted by molar-refractivity contribution is 6.42. The van der Waals surface area contributed by atoms with Crippen LogP contribution in [0.3, 0.4) is 0 Å². The van der Waals surface area contributed by atoms with Crippen molar-refractivity contribution in [3.8, 4) is 5.75 Å². The maximum atomic E-state index is 12.1. The third-order valence-corrected chi connectivity index (χ3v) is 3.87. The lowest BCUT2D eigenvalue weighted by molar-refractivity contribution is -0.122. The molecule has 2 rings (SSSR count). The van der Waals surface area contributed by atoms with E-state index in [1.165, 1.54) is 6.92 Å². The van der Waals surface area contributed by atoms with Crippen LogP contribution < -0.4 is 10.1 Å². The Morgan fingerprint density at radius 2 is 1.70 bits per heavy atom. The smallest absolute Gasteiger partial charge is 0.265 e. The van der Waals surface area contributed by atoms with Gasteiger partial charge in [0.1, 0.15) is 5.75 Å². The van der Waals surface area contributed by atoms with Crippen LogP contribution >= 0.6 is 23.2 Å². The number of hydrogen-bond acceptors (Lipinski definition) is 3. The standard InChI is InChI=1S/C17H15Cl2NO3/c1-10(21)12-3-5-13(6-4-12)20-17(22)11(2)23-14-7-8-15(18)16(19)9-14/h3-9,11H,1-2H3,(H,20,22). The third-order valence-electron chi connectivity index (χ3n) is 3.13. The molecule has 0 spiro atoms. The third kappa shape index (κ3) is 4.71. The molecular weight excluding hydrogens is 337 g/mol. The molecule has 2 aromatic carbocycles. The second-order valence-electron chi connectivity index (χ2n) is 4.96. The normalized spacial score (nSPS) is 11.7. The molecule has 0 aliphatic rings. The Hall–Kier alpha value is -2.04. The number of ketones is 1. The Morgan fingerprint density at radius 3 is 2.26 bits per heavy atom. The number of ether oxygens (including phenoxy) is 1. The summed E-state index contributed by atoms with van der Waals surface area (Å²) in [4.78, 5) is 23.3. The van der Waals surface area contributed by atoms with Crippen LogP contribution in [0.4, 0.5) is 5.69 Å². The van der Waals surface area contributed by atoms with Crippen LogP contribution in [0.2, 0.25) is 10.0 Å².